The van der Waals surface area contributed by atoms with E-state index < -0.39 is 0 Å². The first-order valence-electron chi connectivity index (χ1n) is 6.01. The van der Waals surface area contributed by atoms with Gasteiger partial charge in [0.25, 0.3) is 0 Å². The summed E-state index contributed by atoms with van der Waals surface area (Å²) in [6.07, 6.45) is 1.18. The Morgan fingerprint density at radius 1 is 1.18 bits per heavy atom. The van der Waals surface area contributed by atoms with Crippen molar-refractivity contribution in [1.29, 1.82) is 0 Å². The topological polar surface area (TPSA) is 44.3 Å². The van der Waals surface area contributed by atoms with Crippen LogP contribution in [-0.2, 0) is 6.54 Å². The SMILES string of the molecule is CCNc1nnc(CN(C)CCCN(C)C)s1. The van der Waals surface area contributed by atoms with Crippen molar-refractivity contribution in [2.75, 3.05) is 46.1 Å². The second-order valence-corrected chi connectivity index (χ2v) is 5.49. The highest BCUT2D eigenvalue weighted by molar-refractivity contribution is 7.15. The zero-order valence-electron chi connectivity index (χ0n) is 11.2. The van der Waals surface area contributed by atoms with Gasteiger partial charge < -0.3 is 10.2 Å². The molecule has 1 N–H and O–H groups in total. The van der Waals surface area contributed by atoms with Crippen LogP contribution >= 0.6 is 11.3 Å². The van der Waals surface area contributed by atoms with Crippen molar-refractivity contribution >= 4 is 16.5 Å². The molecule has 0 aromatic carbocycles. The van der Waals surface area contributed by atoms with E-state index in [1.54, 1.807) is 11.3 Å². The van der Waals surface area contributed by atoms with Gasteiger partial charge in [-0.25, -0.2) is 0 Å². The Morgan fingerprint density at radius 2 is 1.94 bits per heavy atom. The van der Waals surface area contributed by atoms with Gasteiger partial charge in [0, 0.05) is 6.54 Å². The van der Waals surface area contributed by atoms with Gasteiger partial charge in [0.15, 0.2) is 0 Å². The Bertz CT molecular complexity index is 313. The molecule has 0 unspecified atom stereocenters. The molecule has 0 amide bonds. The van der Waals surface area contributed by atoms with Gasteiger partial charge in [0.1, 0.15) is 5.01 Å². The first-order valence-corrected chi connectivity index (χ1v) is 6.83. The van der Waals surface area contributed by atoms with Gasteiger partial charge in [-0.3, -0.25) is 4.90 Å². The molecule has 98 valence electrons. The van der Waals surface area contributed by atoms with E-state index in [9.17, 15) is 0 Å². The second-order valence-electron chi connectivity index (χ2n) is 4.43. The minimum Gasteiger partial charge on any atom is -0.360 e. The van der Waals surface area contributed by atoms with Gasteiger partial charge in [-0.05, 0) is 47.6 Å². The predicted octanol–water partition coefficient (Wildman–Crippen LogP) is 1.35. The molecule has 0 saturated carbocycles. The fourth-order valence-corrected chi connectivity index (χ4v) is 2.39. The van der Waals surface area contributed by atoms with Crippen molar-refractivity contribution < 1.29 is 0 Å². The zero-order chi connectivity index (χ0) is 12.7. The lowest BCUT2D eigenvalue weighted by atomic mass is 10.4. The molecule has 0 saturated heterocycles. The second kappa shape index (κ2) is 7.58. The monoisotopic (exact) mass is 257 g/mol. The number of hydrogen-bond acceptors (Lipinski definition) is 6. The first kappa shape index (κ1) is 14.3. The van der Waals surface area contributed by atoms with Crippen molar-refractivity contribution in [2.45, 2.75) is 19.9 Å². The summed E-state index contributed by atoms with van der Waals surface area (Å²) < 4.78 is 0. The minimum atomic E-state index is 0.885. The summed E-state index contributed by atoms with van der Waals surface area (Å²) in [5.74, 6) is 0. The van der Waals surface area contributed by atoms with Crippen molar-refractivity contribution in [1.82, 2.24) is 20.0 Å². The summed E-state index contributed by atoms with van der Waals surface area (Å²) in [5.41, 5.74) is 0. The van der Waals surface area contributed by atoms with Crippen LogP contribution in [0.25, 0.3) is 0 Å². The van der Waals surface area contributed by atoms with Crippen LogP contribution in [0.15, 0.2) is 0 Å². The molecular formula is C11H23N5S. The van der Waals surface area contributed by atoms with E-state index in [2.05, 4.69) is 53.4 Å². The molecule has 0 aliphatic heterocycles. The summed E-state index contributed by atoms with van der Waals surface area (Å²) in [4.78, 5) is 4.50. The number of hydrogen-bond donors (Lipinski definition) is 1. The molecule has 0 radical (unpaired) electrons. The normalized spacial score (nSPS) is 11.4. The predicted molar refractivity (Wildman–Crippen MR) is 73.6 cm³/mol. The highest BCUT2D eigenvalue weighted by Gasteiger charge is 2.06. The Hall–Kier alpha value is -0.720. The van der Waals surface area contributed by atoms with Crippen LogP contribution in [0.1, 0.15) is 18.4 Å². The smallest absolute Gasteiger partial charge is 0.205 e. The number of aromatic nitrogens is 2. The van der Waals surface area contributed by atoms with Gasteiger partial charge in [-0.15, -0.1) is 10.2 Å². The van der Waals surface area contributed by atoms with Crippen LogP contribution in [0.2, 0.25) is 0 Å². The Morgan fingerprint density at radius 3 is 2.59 bits per heavy atom. The van der Waals surface area contributed by atoms with Crippen LogP contribution < -0.4 is 5.32 Å². The van der Waals surface area contributed by atoms with Crippen molar-refractivity contribution in [3.8, 4) is 0 Å². The summed E-state index contributed by atoms with van der Waals surface area (Å²) in [5, 5.41) is 13.4. The molecule has 0 aliphatic rings. The molecule has 0 atom stereocenters. The Balaban J connectivity index is 2.26. The van der Waals surface area contributed by atoms with Crippen molar-refractivity contribution in [3.05, 3.63) is 5.01 Å². The lowest BCUT2D eigenvalue weighted by Gasteiger charge is -2.16. The molecule has 17 heavy (non-hydrogen) atoms. The largest absolute Gasteiger partial charge is 0.360 e. The van der Waals surface area contributed by atoms with E-state index >= 15 is 0 Å². The van der Waals surface area contributed by atoms with Crippen LogP contribution in [0.5, 0.6) is 0 Å². The van der Waals surface area contributed by atoms with E-state index in [0.29, 0.717) is 0 Å². The average molecular weight is 257 g/mol. The summed E-state index contributed by atoms with van der Waals surface area (Å²) in [6, 6.07) is 0. The van der Waals surface area contributed by atoms with Crippen molar-refractivity contribution in [2.24, 2.45) is 0 Å². The molecule has 0 bridgehead atoms. The third kappa shape index (κ3) is 5.95. The fraction of sp³-hybridized carbons (Fsp3) is 0.818. The minimum absolute atomic E-state index is 0.885. The zero-order valence-corrected chi connectivity index (χ0v) is 12.0. The average Bonchev–Trinajstić information content (AvgIpc) is 2.65. The lowest BCUT2D eigenvalue weighted by molar-refractivity contribution is 0.294. The van der Waals surface area contributed by atoms with E-state index in [1.165, 1.54) is 6.42 Å². The van der Waals surface area contributed by atoms with Crippen LogP contribution in [0.4, 0.5) is 5.13 Å². The van der Waals surface area contributed by atoms with Gasteiger partial charge in [-0.2, -0.15) is 0 Å². The third-order valence-corrected chi connectivity index (χ3v) is 3.21. The van der Waals surface area contributed by atoms with E-state index in [-0.39, 0.29) is 0 Å². The van der Waals surface area contributed by atoms with Gasteiger partial charge in [0.05, 0.1) is 6.54 Å². The fourth-order valence-electron chi connectivity index (χ4n) is 1.51. The highest BCUT2D eigenvalue weighted by Crippen LogP contribution is 2.16. The molecule has 1 aromatic rings. The first-order chi connectivity index (χ1) is 8.11. The van der Waals surface area contributed by atoms with Crippen LogP contribution in [0, 0.1) is 0 Å². The number of nitrogens with zero attached hydrogens (tertiary/aromatic N) is 4. The van der Waals surface area contributed by atoms with Crippen molar-refractivity contribution in [3.63, 3.8) is 0 Å². The molecule has 1 rings (SSSR count). The standard InChI is InChI=1S/C11H23N5S/c1-5-12-11-14-13-10(17-11)9-16(4)8-6-7-15(2)3/h5-9H2,1-4H3,(H,12,14). The van der Waals surface area contributed by atoms with E-state index in [4.69, 9.17) is 0 Å². The quantitative estimate of drug-likeness (QED) is 0.761. The van der Waals surface area contributed by atoms with Crippen LogP contribution in [-0.4, -0.2) is 60.8 Å². The molecule has 0 aliphatic carbocycles. The highest BCUT2D eigenvalue weighted by atomic mass is 32.1. The van der Waals surface area contributed by atoms with Gasteiger partial charge in [0.2, 0.25) is 5.13 Å². The van der Waals surface area contributed by atoms with Gasteiger partial charge in [-0.1, -0.05) is 11.3 Å². The van der Waals surface area contributed by atoms with Gasteiger partial charge >= 0.3 is 0 Å². The molecule has 0 fully saturated rings. The van der Waals surface area contributed by atoms with E-state index in [0.717, 1.165) is 36.3 Å². The Labute approximate surface area is 108 Å². The molecule has 5 nitrogen and oxygen atoms in total. The molecule has 6 heteroatoms. The molecule has 0 spiro atoms. The summed E-state index contributed by atoms with van der Waals surface area (Å²) >= 11 is 1.64. The number of nitrogens with one attached hydrogen (secondary N) is 1. The lowest BCUT2D eigenvalue weighted by Crippen LogP contribution is -2.23. The molecule has 1 heterocycles. The van der Waals surface area contributed by atoms with E-state index in [1.807, 2.05) is 0 Å². The number of rotatable bonds is 8. The molecule has 1 aromatic heterocycles. The molecular weight excluding hydrogens is 234 g/mol. The third-order valence-electron chi connectivity index (χ3n) is 2.35. The number of anilines is 1. The summed E-state index contributed by atoms with van der Waals surface area (Å²) in [7, 11) is 6.34. The maximum atomic E-state index is 4.17. The maximum absolute atomic E-state index is 4.17. The Kier molecular flexibility index (Phi) is 6.39. The van der Waals surface area contributed by atoms with Crippen LogP contribution in [0.3, 0.4) is 0 Å². The maximum Gasteiger partial charge on any atom is 0.205 e. The summed E-state index contributed by atoms with van der Waals surface area (Å²) in [6.45, 7) is 6.07.